The van der Waals surface area contributed by atoms with Gasteiger partial charge >= 0.3 is 0 Å². The maximum atomic E-state index is 13.4. The van der Waals surface area contributed by atoms with Gasteiger partial charge in [-0.1, -0.05) is 35.0 Å². The normalized spacial score (nSPS) is 17.9. The van der Waals surface area contributed by atoms with E-state index in [2.05, 4.69) is 21.5 Å². The summed E-state index contributed by atoms with van der Waals surface area (Å²) in [5.41, 5.74) is 3.28. The number of aryl methyl sites for hydroxylation is 1. The van der Waals surface area contributed by atoms with Crippen molar-refractivity contribution >= 4 is 28.8 Å². The zero-order chi connectivity index (χ0) is 20.7. The quantitative estimate of drug-likeness (QED) is 0.572. The molecule has 7 heteroatoms. The number of halogens is 1. The Bertz CT molecular complexity index is 1070. The minimum atomic E-state index is -0.0131. The Morgan fingerprint density at radius 3 is 2.80 bits per heavy atom. The second-order valence-electron chi connectivity index (χ2n) is 8.06. The number of hydrogen-bond donors (Lipinski definition) is 0. The molecule has 156 valence electrons. The van der Waals surface area contributed by atoms with E-state index >= 15 is 0 Å². The molecule has 0 N–H and O–H groups in total. The highest BCUT2D eigenvalue weighted by atomic mass is 35.5. The van der Waals surface area contributed by atoms with Crippen LogP contribution < -0.4 is 0 Å². The molecular formula is C23H24ClN3O2S. The highest BCUT2D eigenvalue weighted by molar-refractivity contribution is 7.10. The number of amides is 1. The standard InChI is InChI=1S/C23H24ClN3O2S/c1-15-21(22(25-29-15)18-4-2-3-5-19(18)24)23(28)26-10-6-17(7-11-26)27-12-8-20-16(14-27)9-13-30-20/h2-5,9,13,17H,6-8,10-12,14H2,1H3. The Labute approximate surface area is 185 Å². The van der Waals surface area contributed by atoms with Gasteiger partial charge in [0.2, 0.25) is 0 Å². The lowest BCUT2D eigenvalue weighted by atomic mass is 9.98. The monoisotopic (exact) mass is 441 g/mol. The molecule has 1 aromatic carbocycles. The van der Waals surface area contributed by atoms with E-state index in [4.69, 9.17) is 16.1 Å². The first-order chi connectivity index (χ1) is 14.6. The molecule has 5 rings (SSSR count). The van der Waals surface area contributed by atoms with E-state index in [1.807, 2.05) is 34.4 Å². The molecule has 2 aliphatic heterocycles. The van der Waals surface area contributed by atoms with Crippen LogP contribution in [0.15, 0.2) is 40.2 Å². The Morgan fingerprint density at radius 2 is 2.00 bits per heavy atom. The Kier molecular flexibility index (Phi) is 5.39. The molecular weight excluding hydrogens is 418 g/mol. The van der Waals surface area contributed by atoms with E-state index in [1.54, 1.807) is 13.0 Å². The minimum absolute atomic E-state index is 0.0131. The summed E-state index contributed by atoms with van der Waals surface area (Å²) in [5.74, 6) is 0.527. The largest absolute Gasteiger partial charge is 0.360 e. The van der Waals surface area contributed by atoms with Crippen molar-refractivity contribution in [2.45, 2.75) is 38.8 Å². The molecule has 2 aliphatic rings. The molecule has 0 radical (unpaired) electrons. The maximum absolute atomic E-state index is 13.4. The summed E-state index contributed by atoms with van der Waals surface area (Å²) in [6, 6.07) is 10.2. The average molecular weight is 442 g/mol. The van der Waals surface area contributed by atoms with Crippen LogP contribution >= 0.6 is 22.9 Å². The molecule has 1 amide bonds. The van der Waals surface area contributed by atoms with Crippen LogP contribution in [-0.2, 0) is 13.0 Å². The van der Waals surface area contributed by atoms with Gasteiger partial charge in [-0.2, -0.15) is 0 Å². The summed E-state index contributed by atoms with van der Waals surface area (Å²) in [6.07, 6.45) is 3.14. The smallest absolute Gasteiger partial charge is 0.259 e. The van der Waals surface area contributed by atoms with Gasteiger partial charge in [0.25, 0.3) is 5.91 Å². The van der Waals surface area contributed by atoms with Gasteiger partial charge in [-0.05, 0) is 49.3 Å². The molecule has 0 atom stereocenters. The lowest BCUT2D eigenvalue weighted by molar-refractivity contribution is 0.0599. The number of fused-ring (bicyclic) bond motifs is 1. The number of hydrogen-bond acceptors (Lipinski definition) is 5. The van der Waals surface area contributed by atoms with Crippen LogP contribution in [0.3, 0.4) is 0 Å². The number of carbonyl (C=O) groups is 1. The van der Waals surface area contributed by atoms with Crippen LogP contribution in [0.2, 0.25) is 5.02 Å². The van der Waals surface area contributed by atoms with Gasteiger partial charge in [0, 0.05) is 42.7 Å². The van der Waals surface area contributed by atoms with E-state index in [0.29, 0.717) is 28.1 Å². The molecule has 2 aromatic heterocycles. The molecule has 30 heavy (non-hydrogen) atoms. The lowest BCUT2D eigenvalue weighted by Crippen LogP contribution is -2.48. The van der Waals surface area contributed by atoms with Crippen molar-refractivity contribution < 1.29 is 9.32 Å². The number of thiophene rings is 1. The summed E-state index contributed by atoms with van der Waals surface area (Å²) < 4.78 is 5.40. The van der Waals surface area contributed by atoms with E-state index in [9.17, 15) is 4.79 Å². The predicted molar refractivity (Wildman–Crippen MR) is 119 cm³/mol. The van der Waals surface area contributed by atoms with Crippen molar-refractivity contribution in [2.75, 3.05) is 19.6 Å². The maximum Gasteiger partial charge on any atom is 0.259 e. The first-order valence-corrected chi connectivity index (χ1v) is 11.7. The van der Waals surface area contributed by atoms with E-state index in [1.165, 1.54) is 10.4 Å². The van der Waals surface area contributed by atoms with Crippen molar-refractivity contribution in [3.8, 4) is 11.3 Å². The van der Waals surface area contributed by atoms with Crippen molar-refractivity contribution in [1.82, 2.24) is 15.0 Å². The van der Waals surface area contributed by atoms with Crippen LogP contribution in [0.25, 0.3) is 11.3 Å². The number of nitrogens with zero attached hydrogens (tertiary/aromatic N) is 3. The van der Waals surface area contributed by atoms with Crippen LogP contribution in [-0.4, -0.2) is 46.5 Å². The molecule has 4 heterocycles. The highest BCUT2D eigenvalue weighted by Gasteiger charge is 2.32. The topological polar surface area (TPSA) is 49.6 Å². The first-order valence-electron chi connectivity index (χ1n) is 10.4. The molecule has 5 nitrogen and oxygen atoms in total. The van der Waals surface area contributed by atoms with E-state index in [-0.39, 0.29) is 5.91 Å². The summed E-state index contributed by atoms with van der Waals surface area (Å²) in [7, 11) is 0. The second kappa shape index (κ2) is 8.17. The predicted octanol–water partition coefficient (Wildman–Crippen LogP) is 5.03. The van der Waals surface area contributed by atoms with Crippen LogP contribution in [0.4, 0.5) is 0 Å². The van der Waals surface area contributed by atoms with Crippen molar-refractivity contribution in [3.05, 3.63) is 62.5 Å². The summed E-state index contributed by atoms with van der Waals surface area (Å²) in [5, 5.41) is 6.92. The first kappa shape index (κ1) is 19.8. The molecule has 0 unspecified atom stereocenters. The fourth-order valence-corrected chi connectivity index (χ4v) is 5.75. The fourth-order valence-electron chi connectivity index (χ4n) is 4.64. The van der Waals surface area contributed by atoms with Gasteiger partial charge < -0.3 is 9.42 Å². The van der Waals surface area contributed by atoms with Gasteiger partial charge in [0.1, 0.15) is 17.0 Å². The third-order valence-corrected chi connectivity index (χ3v) is 7.66. The van der Waals surface area contributed by atoms with Gasteiger partial charge in [-0.15, -0.1) is 11.3 Å². The van der Waals surface area contributed by atoms with Crippen LogP contribution in [0, 0.1) is 6.92 Å². The second-order valence-corrected chi connectivity index (χ2v) is 9.46. The van der Waals surface area contributed by atoms with Crippen LogP contribution in [0.1, 0.15) is 39.4 Å². The van der Waals surface area contributed by atoms with Crippen molar-refractivity contribution in [3.63, 3.8) is 0 Å². The van der Waals surface area contributed by atoms with Gasteiger partial charge in [-0.25, -0.2) is 0 Å². The Morgan fingerprint density at radius 1 is 1.20 bits per heavy atom. The van der Waals surface area contributed by atoms with Gasteiger partial charge in [0.15, 0.2) is 0 Å². The molecule has 0 saturated carbocycles. The molecule has 3 aromatic rings. The Balaban J connectivity index is 1.29. The zero-order valence-electron chi connectivity index (χ0n) is 16.9. The zero-order valence-corrected chi connectivity index (χ0v) is 18.5. The summed E-state index contributed by atoms with van der Waals surface area (Å²) >= 11 is 8.23. The lowest BCUT2D eigenvalue weighted by Gasteiger charge is -2.40. The summed E-state index contributed by atoms with van der Waals surface area (Å²) in [4.78, 5) is 19.4. The molecule has 0 bridgehead atoms. The minimum Gasteiger partial charge on any atom is -0.360 e. The molecule has 1 saturated heterocycles. The molecule has 0 spiro atoms. The molecule has 1 fully saturated rings. The van der Waals surface area contributed by atoms with Crippen molar-refractivity contribution in [2.24, 2.45) is 0 Å². The fraction of sp³-hybridized carbons (Fsp3) is 0.391. The highest BCUT2D eigenvalue weighted by Crippen LogP contribution is 2.33. The van der Waals surface area contributed by atoms with Gasteiger partial charge in [0.05, 0.1) is 5.02 Å². The molecule has 0 aliphatic carbocycles. The SMILES string of the molecule is Cc1onc(-c2ccccc2Cl)c1C(=O)N1CCC(N2CCc3sccc3C2)CC1. The Hall–Kier alpha value is -2.15. The number of benzene rings is 1. The number of carbonyl (C=O) groups excluding carboxylic acids is 1. The van der Waals surface area contributed by atoms with Gasteiger partial charge in [-0.3, -0.25) is 9.69 Å². The number of aromatic nitrogens is 1. The third-order valence-electron chi connectivity index (χ3n) is 6.31. The number of rotatable bonds is 3. The van der Waals surface area contributed by atoms with E-state index in [0.717, 1.165) is 51.0 Å². The number of piperidine rings is 1. The average Bonchev–Trinajstić information content (AvgIpc) is 3.39. The van der Waals surface area contributed by atoms with Crippen molar-refractivity contribution in [1.29, 1.82) is 0 Å². The third kappa shape index (κ3) is 3.57. The summed E-state index contributed by atoms with van der Waals surface area (Å²) in [6.45, 7) is 5.46. The number of likely N-dealkylation sites (tertiary alicyclic amines) is 1. The van der Waals surface area contributed by atoms with E-state index < -0.39 is 0 Å². The van der Waals surface area contributed by atoms with Crippen LogP contribution in [0.5, 0.6) is 0 Å².